The first kappa shape index (κ1) is 32.6. The molecule has 0 aliphatic carbocycles. The molecule has 10 nitrogen and oxygen atoms in total. The van der Waals surface area contributed by atoms with Crippen molar-refractivity contribution in [1.82, 2.24) is 0 Å². The summed E-state index contributed by atoms with van der Waals surface area (Å²) in [4.78, 5) is 16.8. The van der Waals surface area contributed by atoms with Crippen LogP contribution in [0.25, 0.3) is 0 Å². The molecule has 2 aromatic rings. The van der Waals surface area contributed by atoms with Crippen LogP contribution in [0.5, 0.6) is 0 Å². The summed E-state index contributed by atoms with van der Waals surface area (Å²) < 4.78 is 43.8. The van der Waals surface area contributed by atoms with Crippen molar-refractivity contribution in [3.05, 3.63) is 66.2 Å². The summed E-state index contributed by atoms with van der Waals surface area (Å²) in [6.07, 6.45) is 10.3. The summed E-state index contributed by atoms with van der Waals surface area (Å²) in [5.41, 5.74) is 3.34. The number of benzene rings is 2. The van der Waals surface area contributed by atoms with Gasteiger partial charge in [0.25, 0.3) is 10.1 Å². The summed E-state index contributed by atoms with van der Waals surface area (Å²) in [5.74, 6) is -0.577. The number of allylic oxidation sites excluding steroid dienone is 2. The van der Waals surface area contributed by atoms with Crippen molar-refractivity contribution in [2.45, 2.75) is 62.2 Å². The number of nitrogens with zero attached hydrogens (tertiary/aromatic N) is 2. The molecule has 222 valence electrons. The van der Waals surface area contributed by atoms with Gasteiger partial charge in [-0.05, 0) is 44.0 Å². The standard InChI is InChI=1S/C29H36N2O8S2/c1-29(18-9-4-7-15-28(32)37-2)25-22-24(40-39-38-33)16-17-26(25)31(20-11-21-41(34,35)36)27(29)14-8-10-19-30-23-12-5-3-6-13-23/h3,5-6,8,12-14,16-17,19,22H,4,7,9-11,15,18,20-21H2,1-2H3,(H-,33,34,35,36)/p+1. The molecule has 0 spiro atoms. The van der Waals surface area contributed by atoms with Crippen LogP contribution in [0.15, 0.2) is 70.6 Å². The van der Waals surface area contributed by atoms with E-state index in [1.165, 1.54) is 7.11 Å². The van der Waals surface area contributed by atoms with Gasteiger partial charge in [0, 0.05) is 48.1 Å². The van der Waals surface area contributed by atoms with Crippen LogP contribution < -0.4 is 0 Å². The summed E-state index contributed by atoms with van der Waals surface area (Å²) in [6.45, 7) is 2.52. The number of rotatable bonds is 17. The highest BCUT2D eigenvalue weighted by Gasteiger charge is 2.47. The van der Waals surface area contributed by atoms with E-state index in [1.54, 1.807) is 0 Å². The predicted molar refractivity (Wildman–Crippen MR) is 159 cm³/mol. The molecule has 1 atom stereocenters. The van der Waals surface area contributed by atoms with Gasteiger partial charge in [-0.1, -0.05) is 42.2 Å². The van der Waals surface area contributed by atoms with Gasteiger partial charge in [-0.25, -0.2) is 5.26 Å². The average Bonchev–Trinajstić information content (AvgIpc) is 3.18. The van der Waals surface area contributed by atoms with Crippen molar-refractivity contribution >= 4 is 51.4 Å². The van der Waals surface area contributed by atoms with E-state index in [2.05, 4.69) is 31.9 Å². The SMILES string of the molecule is COC(=O)CCCCCC1(C)C(C=CCC=Nc2ccccc2)=[N+](CCCS(=O)(=O)O)c2ccc(SOOO)cc21. The van der Waals surface area contributed by atoms with Crippen molar-refractivity contribution in [3.63, 3.8) is 0 Å². The number of esters is 1. The maximum atomic E-state index is 11.6. The molecule has 1 unspecified atom stereocenters. The predicted octanol–water partition coefficient (Wildman–Crippen LogP) is 6.22. The molecule has 0 bridgehead atoms. The minimum atomic E-state index is -4.10. The largest absolute Gasteiger partial charge is 0.469 e. The number of carbonyl (C=O) groups is 1. The van der Waals surface area contributed by atoms with Crippen molar-refractivity contribution in [2.24, 2.45) is 4.99 Å². The van der Waals surface area contributed by atoms with Gasteiger partial charge in [-0.2, -0.15) is 13.0 Å². The molecule has 12 heteroatoms. The highest BCUT2D eigenvalue weighted by molar-refractivity contribution is 7.94. The molecule has 1 aliphatic rings. The number of unbranched alkanes of at least 4 members (excludes halogenated alkanes) is 2. The van der Waals surface area contributed by atoms with E-state index in [0.717, 1.165) is 54.0 Å². The van der Waals surface area contributed by atoms with Crippen molar-refractivity contribution in [2.75, 3.05) is 19.4 Å². The molecule has 0 amide bonds. The minimum Gasteiger partial charge on any atom is -0.469 e. The van der Waals surface area contributed by atoms with Crippen LogP contribution in [-0.4, -0.2) is 60.1 Å². The Kier molecular flexibility index (Phi) is 12.7. The second kappa shape index (κ2) is 15.9. The fourth-order valence-electron chi connectivity index (χ4n) is 4.99. The van der Waals surface area contributed by atoms with E-state index in [-0.39, 0.29) is 18.1 Å². The molecule has 0 fully saturated rings. The van der Waals surface area contributed by atoms with E-state index in [4.69, 9.17) is 9.99 Å². The third kappa shape index (κ3) is 9.87. The first-order valence-corrected chi connectivity index (χ1v) is 15.7. The molecule has 0 saturated heterocycles. The van der Waals surface area contributed by atoms with E-state index in [9.17, 15) is 17.8 Å². The van der Waals surface area contributed by atoms with E-state index in [1.807, 2.05) is 60.8 Å². The Morgan fingerprint density at radius 1 is 1.12 bits per heavy atom. The zero-order chi connectivity index (χ0) is 29.7. The highest BCUT2D eigenvalue weighted by Crippen LogP contribution is 2.45. The Morgan fingerprint density at radius 2 is 1.90 bits per heavy atom. The number of aliphatic imine (C=N–C) groups is 1. The number of ether oxygens (including phenoxy) is 1. The maximum absolute atomic E-state index is 11.6. The van der Waals surface area contributed by atoms with Crippen LogP contribution in [0, 0.1) is 0 Å². The van der Waals surface area contributed by atoms with E-state index >= 15 is 0 Å². The molecular weight excluding hydrogens is 568 g/mol. The van der Waals surface area contributed by atoms with Crippen LogP contribution >= 0.6 is 12.0 Å². The molecule has 0 saturated carbocycles. The lowest BCUT2D eigenvalue weighted by Crippen LogP contribution is -2.31. The van der Waals surface area contributed by atoms with E-state index in [0.29, 0.717) is 30.7 Å². The number of hydrogen-bond donors (Lipinski definition) is 2. The van der Waals surface area contributed by atoms with Gasteiger partial charge in [-0.3, -0.25) is 14.3 Å². The molecule has 41 heavy (non-hydrogen) atoms. The Bertz CT molecular complexity index is 1360. The Balaban J connectivity index is 1.92. The highest BCUT2D eigenvalue weighted by atomic mass is 32.2. The first-order valence-electron chi connectivity index (χ1n) is 13.4. The monoisotopic (exact) mass is 605 g/mol. The maximum Gasteiger partial charge on any atom is 0.305 e. The third-order valence-electron chi connectivity index (χ3n) is 6.95. The van der Waals surface area contributed by atoms with Gasteiger partial charge >= 0.3 is 5.97 Å². The summed E-state index contributed by atoms with van der Waals surface area (Å²) >= 11 is 0.872. The Morgan fingerprint density at radius 3 is 2.61 bits per heavy atom. The van der Waals surface area contributed by atoms with Crippen LogP contribution in [0.1, 0.15) is 57.4 Å². The second-order valence-electron chi connectivity index (χ2n) is 9.84. The molecule has 0 radical (unpaired) electrons. The van der Waals surface area contributed by atoms with Crippen LogP contribution in [0.2, 0.25) is 0 Å². The van der Waals surface area contributed by atoms with Gasteiger partial charge in [0.1, 0.15) is 6.54 Å². The zero-order valence-corrected chi connectivity index (χ0v) is 24.9. The molecule has 2 N–H and O–H groups in total. The minimum absolute atomic E-state index is 0.229. The Hall–Kier alpha value is -2.87. The lowest BCUT2D eigenvalue weighted by atomic mass is 9.75. The number of carbonyl (C=O) groups excluding carboxylic acids is 1. The van der Waals surface area contributed by atoms with Crippen molar-refractivity contribution < 1.29 is 41.7 Å². The summed E-state index contributed by atoms with van der Waals surface area (Å²) in [5, 5.41) is 12.4. The molecule has 3 rings (SSSR count). The second-order valence-corrected chi connectivity index (χ2v) is 12.2. The smallest absolute Gasteiger partial charge is 0.305 e. The van der Waals surface area contributed by atoms with E-state index < -0.39 is 15.5 Å². The van der Waals surface area contributed by atoms with Gasteiger partial charge in [0.15, 0.2) is 5.71 Å². The van der Waals surface area contributed by atoms with Gasteiger partial charge in [0.05, 0.1) is 36.0 Å². The van der Waals surface area contributed by atoms with Crippen LogP contribution in [-0.2, 0) is 34.4 Å². The van der Waals surface area contributed by atoms with Crippen LogP contribution in [0.4, 0.5) is 11.4 Å². The normalized spacial score (nSPS) is 17.1. The van der Waals surface area contributed by atoms with Crippen LogP contribution in [0.3, 0.4) is 0 Å². The third-order valence-corrected chi connectivity index (χ3v) is 8.33. The van der Waals surface area contributed by atoms with Crippen molar-refractivity contribution in [3.8, 4) is 0 Å². The summed E-state index contributed by atoms with van der Waals surface area (Å²) in [7, 11) is -2.72. The number of fused-ring (bicyclic) bond motifs is 1. The number of methoxy groups -OCH3 is 1. The fraction of sp³-hybridized carbons (Fsp3) is 0.414. The van der Waals surface area contributed by atoms with Crippen molar-refractivity contribution in [1.29, 1.82) is 0 Å². The molecule has 1 aliphatic heterocycles. The topological polar surface area (TPSA) is 135 Å². The van der Waals surface area contributed by atoms with Gasteiger partial charge < -0.3 is 4.74 Å². The molecular formula is C29H37N2O8S2+. The fourth-order valence-corrected chi connectivity index (χ4v) is 5.88. The summed E-state index contributed by atoms with van der Waals surface area (Å²) in [6, 6.07) is 15.4. The lowest BCUT2D eigenvalue weighted by molar-refractivity contribution is -0.437. The quantitative estimate of drug-likeness (QED) is 0.0315. The number of hydrogen-bond acceptors (Lipinski definition) is 9. The van der Waals surface area contributed by atoms with Gasteiger partial charge in [0.2, 0.25) is 5.69 Å². The molecule has 1 heterocycles. The molecule has 2 aromatic carbocycles. The first-order chi connectivity index (χ1) is 19.7. The molecule has 0 aromatic heterocycles. The zero-order valence-electron chi connectivity index (χ0n) is 23.3. The lowest BCUT2D eigenvalue weighted by Gasteiger charge is -2.23. The number of para-hydroxylation sites is 1. The Labute approximate surface area is 245 Å². The average molecular weight is 606 g/mol. The van der Waals surface area contributed by atoms with Gasteiger partial charge in [-0.15, -0.1) is 4.33 Å².